The molecular formula is C16H22N4O2. The molecule has 0 spiro atoms. The summed E-state index contributed by atoms with van der Waals surface area (Å²) in [4.78, 5) is 19.6. The van der Waals surface area contributed by atoms with Gasteiger partial charge in [-0.25, -0.2) is 4.98 Å². The van der Waals surface area contributed by atoms with Crippen molar-refractivity contribution in [3.63, 3.8) is 0 Å². The van der Waals surface area contributed by atoms with Gasteiger partial charge in [-0.05, 0) is 31.0 Å². The molecule has 1 fully saturated rings. The molecule has 1 atom stereocenters. The zero-order valence-electron chi connectivity index (χ0n) is 13.3. The molecule has 0 amide bonds. The number of aromatic nitrogens is 2. The van der Waals surface area contributed by atoms with Crippen LogP contribution in [0.3, 0.4) is 0 Å². The second kappa shape index (κ2) is 5.70. The first-order chi connectivity index (χ1) is 10.5. The molecule has 1 saturated heterocycles. The van der Waals surface area contributed by atoms with Crippen molar-refractivity contribution >= 4 is 16.9 Å². The van der Waals surface area contributed by atoms with Crippen LogP contribution in [-0.2, 0) is 11.8 Å². The number of benzene rings is 1. The number of ether oxygens (including phenoxy) is 1. The van der Waals surface area contributed by atoms with Crippen molar-refractivity contribution in [1.82, 2.24) is 9.55 Å². The van der Waals surface area contributed by atoms with Crippen molar-refractivity contribution in [2.75, 3.05) is 31.2 Å². The van der Waals surface area contributed by atoms with Crippen LogP contribution >= 0.6 is 0 Å². The van der Waals surface area contributed by atoms with Crippen LogP contribution in [0.15, 0.2) is 16.9 Å². The Balaban J connectivity index is 2.27. The number of nitrogens with zero attached hydrogens (tertiary/aromatic N) is 3. The third-order valence-corrected chi connectivity index (χ3v) is 4.12. The average Bonchev–Trinajstić information content (AvgIpc) is 2.51. The highest BCUT2D eigenvalue weighted by molar-refractivity contribution is 5.83. The molecule has 1 aliphatic heterocycles. The lowest BCUT2D eigenvalue weighted by Gasteiger charge is -2.29. The van der Waals surface area contributed by atoms with E-state index < -0.39 is 0 Å². The van der Waals surface area contributed by atoms with E-state index >= 15 is 0 Å². The van der Waals surface area contributed by atoms with Crippen LogP contribution in [0.25, 0.3) is 10.9 Å². The fraction of sp³-hybridized carbons (Fsp3) is 0.500. The van der Waals surface area contributed by atoms with E-state index in [-0.39, 0.29) is 11.6 Å². The molecule has 118 valence electrons. The molecule has 3 rings (SSSR count). The molecule has 2 N–H and O–H groups in total. The minimum atomic E-state index is -0.167. The molecular weight excluding hydrogens is 280 g/mol. The maximum atomic E-state index is 12.7. The average molecular weight is 302 g/mol. The van der Waals surface area contributed by atoms with E-state index in [1.54, 1.807) is 11.6 Å². The second-order valence-corrected chi connectivity index (χ2v) is 5.91. The zero-order chi connectivity index (χ0) is 15.9. The van der Waals surface area contributed by atoms with E-state index in [0.717, 1.165) is 24.2 Å². The van der Waals surface area contributed by atoms with Gasteiger partial charge in [-0.15, -0.1) is 0 Å². The van der Waals surface area contributed by atoms with Gasteiger partial charge in [0.05, 0.1) is 24.1 Å². The maximum Gasteiger partial charge on any atom is 0.262 e. The van der Waals surface area contributed by atoms with E-state index in [9.17, 15) is 4.79 Å². The molecule has 1 aromatic heterocycles. The summed E-state index contributed by atoms with van der Waals surface area (Å²) >= 11 is 0. The number of hydrogen-bond acceptors (Lipinski definition) is 5. The number of hydrogen-bond donors (Lipinski definition) is 1. The first-order valence-corrected chi connectivity index (χ1v) is 7.58. The Hall–Kier alpha value is -1.92. The lowest BCUT2D eigenvalue weighted by molar-refractivity contribution is 0.121. The van der Waals surface area contributed by atoms with Gasteiger partial charge in [-0.2, -0.15) is 0 Å². The van der Waals surface area contributed by atoms with Crippen LogP contribution in [-0.4, -0.2) is 35.9 Å². The van der Waals surface area contributed by atoms with Crippen LogP contribution in [0.2, 0.25) is 0 Å². The molecule has 0 saturated carbocycles. The van der Waals surface area contributed by atoms with Gasteiger partial charge in [0.15, 0.2) is 0 Å². The Labute approximate surface area is 129 Å². The molecule has 2 aromatic rings. The Kier molecular flexibility index (Phi) is 3.88. The summed E-state index contributed by atoms with van der Waals surface area (Å²) in [6, 6.07) is 3.74. The summed E-state index contributed by atoms with van der Waals surface area (Å²) in [6.45, 7) is 6.68. The Morgan fingerprint density at radius 3 is 2.64 bits per heavy atom. The first-order valence-electron chi connectivity index (χ1n) is 7.58. The number of aryl methyl sites for hydroxylation is 1. The van der Waals surface area contributed by atoms with Crippen molar-refractivity contribution in [3.05, 3.63) is 33.6 Å². The molecule has 1 aromatic carbocycles. The van der Waals surface area contributed by atoms with Crippen LogP contribution in [0.4, 0.5) is 5.95 Å². The predicted octanol–water partition coefficient (Wildman–Crippen LogP) is 1.10. The van der Waals surface area contributed by atoms with Gasteiger partial charge in [0.25, 0.3) is 5.56 Å². The summed E-state index contributed by atoms with van der Waals surface area (Å²) < 4.78 is 7.00. The minimum absolute atomic E-state index is 0.0305. The highest BCUT2D eigenvalue weighted by Crippen LogP contribution is 2.24. The lowest BCUT2D eigenvalue weighted by Crippen LogP contribution is -2.40. The third-order valence-electron chi connectivity index (χ3n) is 4.12. The van der Waals surface area contributed by atoms with E-state index in [2.05, 4.69) is 4.90 Å². The van der Waals surface area contributed by atoms with Crippen molar-refractivity contribution in [3.8, 4) is 0 Å². The number of morpholine rings is 1. The largest absolute Gasteiger partial charge is 0.378 e. The van der Waals surface area contributed by atoms with Crippen molar-refractivity contribution in [1.29, 1.82) is 0 Å². The molecule has 0 radical (unpaired) electrons. The van der Waals surface area contributed by atoms with E-state index in [4.69, 9.17) is 15.5 Å². The highest BCUT2D eigenvalue weighted by Gasteiger charge is 2.19. The van der Waals surface area contributed by atoms with Gasteiger partial charge in [-0.1, -0.05) is 6.07 Å². The minimum Gasteiger partial charge on any atom is -0.378 e. The third kappa shape index (κ3) is 2.48. The molecule has 1 aliphatic rings. The standard InChI is InChI=1S/C16H22N4O2/c1-10-8-12(11(2)17)14-13(9-10)15(21)19(3)16(18-14)20-4-6-22-7-5-20/h8-9,11H,4-7,17H2,1-3H3. The molecule has 6 nitrogen and oxygen atoms in total. The fourth-order valence-electron chi connectivity index (χ4n) is 2.93. The number of fused-ring (bicyclic) bond motifs is 1. The van der Waals surface area contributed by atoms with Gasteiger partial charge >= 0.3 is 0 Å². The number of rotatable bonds is 2. The van der Waals surface area contributed by atoms with E-state index in [0.29, 0.717) is 30.1 Å². The Morgan fingerprint density at radius 1 is 1.32 bits per heavy atom. The highest BCUT2D eigenvalue weighted by atomic mass is 16.5. The fourth-order valence-corrected chi connectivity index (χ4v) is 2.93. The lowest BCUT2D eigenvalue weighted by atomic mass is 10.0. The van der Waals surface area contributed by atoms with Gasteiger partial charge < -0.3 is 15.4 Å². The summed E-state index contributed by atoms with van der Waals surface area (Å²) in [5.41, 5.74) is 8.71. The van der Waals surface area contributed by atoms with Crippen LogP contribution in [0.1, 0.15) is 24.1 Å². The summed E-state index contributed by atoms with van der Waals surface area (Å²) in [5, 5.41) is 0.631. The van der Waals surface area contributed by atoms with Crippen LogP contribution in [0, 0.1) is 6.92 Å². The van der Waals surface area contributed by atoms with Crippen LogP contribution in [0.5, 0.6) is 0 Å². The smallest absolute Gasteiger partial charge is 0.262 e. The van der Waals surface area contributed by atoms with E-state index in [1.165, 1.54) is 0 Å². The molecule has 0 bridgehead atoms. The summed E-state index contributed by atoms with van der Waals surface area (Å²) in [7, 11) is 1.77. The first kappa shape index (κ1) is 15.0. The Bertz CT molecular complexity index is 761. The SMILES string of the molecule is Cc1cc(C(C)N)c2nc(N3CCOCC3)n(C)c(=O)c2c1. The topological polar surface area (TPSA) is 73.4 Å². The summed E-state index contributed by atoms with van der Waals surface area (Å²) in [6.07, 6.45) is 0. The molecule has 22 heavy (non-hydrogen) atoms. The van der Waals surface area contributed by atoms with Crippen molar-refractivity contribution in [2.45, 2.75) is 19.9 Å². The maximum absolute atomic E-state index is 12.7. The van der Waals surface area contributed by atoms with Gasteiger partial charge in [0, 0.05) is 26.2 Å². The predicted molar refractivity (Wildman–Crippen MR) is 87.4 cm³/mol. The molecule has 2 heterocycles. The monoisotopic (exact) mass is 302 g/mol. The molecule has 0 aliphatic carbocycles. The quantitative estimate of drug-likeness (QED) is 0.899. The van der Waals surface area contributed by atoms with Gasteiger partial charge in [-0.3, -0.25) is 9.36 Å². The summed E-state index contributed by atoms with van der Waals surface area (Å²) in [5.74, 6) is 0.687. The Morgan fingerprint density at radius 2 is 2.00 bits per heavy atom. The normalized spacial score (nSPS) is 17.0. The van der Waals surface area contributed by atoms with Crippen molar-refractivity contribution < 1.29 is 4.74 Å². The van der Waals surface area contributed by atoms with E-state index in [1.807, 2.05) is 26.0 Å². The second-order valence-electron chi connectivity index (χ2n) is 5.91. The molecule has 6 heteroatoms. The zero-order valence-corrected chi connectivity index (χ0v) is 13.3. The molecule has 1 unspecified atom stereocenters. The van der Waals surface area contributed by atoms with Crippen molar-refractivity contribution in [2.24, 2.45) is 12.8 Å². The van der Waals surface area contributed by atoms with Crippen LogP contribution < -0.4 is 16.2 Å². The number of nitrogens with two attached hydrogens (primary N) is 1. The van der Waals surface area contributed by atoms with Gasteiger partial charge in [0.2, 0.25) is 5.95 Å². The van der Waals surface area contributed by atoms with Gasteiger partial charge in [0.1, 0.15) is 0 Å². The number of anilines is 1.